The van der Waals surface area contributed by atoms with Crippen LogP contribution in [0.5, 0.6) is 0 Å². The molecule has 4 rings (SSSR count). The fraction of sp³-hybridized carbons (Fsp3) is 0.769. The Morgan fingerprint density at radius 3 is 1.86 bits per heavy atom. The predicted molar refractivity (Wildman–Crippen MR) is 131 cm³/mol. The molecule has 0 aromatic heterocycles. The Hall–Kier alpha value is -2.98. The van der Waals surface area contributed by atoms with Crippen LogP contribution in [-0.2, 0) is 28.8 Å². The summed E-state index contributed by atoms with van der Waals surface area (Å²) in [6.07, 6.45) is 5.51. The fourth-order valence-electron chi connectivity index (χ4n) is 6.83. The van der Waals surface area contributed by atoms with E-state index >= 15 is 0 Å². The molecule has 0 aromatic carbocycles. The van der Waals surface area contributed by atoms with Crippen molar-refractivity contribution in [1.82, 2.24) is 16.0 Å². The quantitative estimate of drug-likeness (QED) is 0.167. The van der Waals surface area contributed by atoms with Gasteiger partial charge < -0.3 is 31.0 Å². The maximum absolute atomic E-state index is 13.4. The van der Waals surface area contributed by atoms with Gasteiger partial charge in [0.25, 0.3) is 0 Å². The van der Waals surface area contributed by atoms with Crippen LogP contribution in [0.25, 0.3) is 0 Å². The molecule has 0 radical (unpaired) electrons. The molecule has 0 saturated heterocycles. The Labute approximate surface area is 216 Å². The van der Waals surface area contributed by atoms with E-state index in [0.717, 1.165) is 19.3 Å². The van der Waals surface area contributed by atoms with Gasteiger partial charge in [-0.25, -0.2) is 0 Å². The monoisotopic (exact) mass is 521 g/mol. The van der Waals surface area contributed by atoms with Gasteiger partial charge in [0.05, 0.1) is 12.5 Å². The highest BCUT2D eigenvalue weighted by atomic mass is 16.4. The minimum absolute atomic E-state index is 0.0958. The number of amides is 3. The molecule has 0 aromatic rings. The highest BCUT2D eigenvalue weighted by Crippen LogP contribution is 2.55. The molecule has 0 spiro atoms. The molecule has 4 saturated carbocycles. The minimum atomic E-state index is -1.30. The zero-order valence-corrected chi connectivity index (χ0v) is 21.5. The lowest BCUT2D eigenvalue weighted by Crippen LogP contribution is -2.63. The van der Waals surface area contributed by atoms with Crippen molar-refractivity contribution in [3.05, 3.63) is 0 Å². The van der Waals surface area contributed by atoms with Gasteiger partial charge >= 0.3 is 11.9 Å². The number of nitrogens with one attached hydrogen (secondary N) is 3. The van der Waals surface area contributed by atoms with Gasteiger partial charge in [-0.15, -0.1) is 0 Å². The molecule has 5 N–H and O–H groups in total. The molecule has 3 atom stereocenters. The first-order chi connectivity index (χ1) is 17.4. The summed E-state index contributed by atoms with van der Waals surface area (Å²) < 4.78 is 0. The lowest BCUT2D eigenvalue weighted by Gasteiger charge is -2.57. The summed E-state index contributed by atoms with van der Waals surface area (Å²) in [5.74, 6) is -4.07. The van der Waals surface area contributed by atoms with Crippen LogP contribution in [0.1, 0.15) is 78.1 Å². The topological polar surface area (TPSA) is 179 Å². The van der Waals surface area contributed by atoms with Crippen molar-refractivity contribution in [3.63, 3.8) is 0 Å². The molecule has 4 fully saturated rings. The van der Waals surface area contributed by atoms with E-state index in [4.69, 9.17) is 5.11 Å². The SMILES string of the molecule is CC(C)CC(C(=O)NC(C=O)CC(=O)O)C(=O)NC(CCC(=O)O)C(=O)NC12CC3CC(CC(C3)C1)C2. The van der Waals surface area contributed by atoms with Gasteiger partial charge in [0, 0.05) is 12.0 Å². The number of hydrogen-bond acceptors (Lipinski definition) is 6. The van der Waals surface area contributed by atoms with Crippen molar-refractivity contribution in [1.29, 1.82) is 0 Å². The van der Waals surface area contributed by atoms with Gasteiger partial charge in [-0.1, -0.05) is 13.8 Å². The molecule has 4 bridgehead atoms. The highest BCUT2D eigenvalue weighted by Gasteiger charge is 2.52. The number of carbonyl (C=O) groups is 6. The van der Waals surface area contributed by atoms with Crippen molar-refractivity contribution >= 4 is 35.9 Å². The molecule has 3 amide bonds. The Balaban J connectivity index is 1.72. The average molecular weight is 522 g/mol. The van der Waals surface area contributed by atoms with Crippen LogP contribution in [0.4, 0.5) is 0 Å². The molecule has 0 heterocycles. The number of hydrogen-bond donors (Lipinski definition) is 5. The van der Waals surface area contributed by atoms with E-state index in [9.17, 15) is 33.9 Å². The molecule has 3 unspecified atom stereocenters. The minimum Gasteiger partial charge on any atom is -0.481 e. The summed E-state index contributed by atoms with van der Waals surface area (Å²) in [6, 6.07) is -2.44. The Morgan fingerprint density at radius 1 is 0.865 bits per heavy atom. The van der Waals surface area contributed by atoms with E-state index < -0.39 is 54.1 Å². The van der Waals surface area contributed by atoms with Crippen molar-refractivity contribution < 1.29 is 39.0 Å². The lowest BCUT2D eigenvalue weighted by molar-refractivity contribution is -0.142. The number of carboxylic acid groups (broad SMARTS) is 2. The van der Waals surface area contributed by atoms with E-state index in [1.54, 1.807) is 13.8 Å². The Bertz CT molecular complexity index is 882. The molecule has 206 valence electrons. The second-order valence-corrected chi connectivity index (χ2v) is 11.7. The van der Waals surface area contributed by atoms with Crippen LogP contribution in [0.3, 0.4) is 0 Å². The second kappa shape index (κ2) is 12.0. The molecular formula is C26H39N3O8. The summed E-state index contributed by atoms with van der Waals surface area (Å²) in [7, 11) is 0. The van der Waals surface area contributed by atoms with Crippen molar-refractivity contribution in [3.8, 4) is 0 Å². The Kier molecular flexibility index (Phi) is 9.31. The van der Waals surface area contributed by atoms with Crippen molar-refractivity contribution in [2.75, 3.05) is 0 Å². The molecule has 4 aliphatic rings. The summed E-state index contributed by atoms with van der Waals surface area (Å²) in [5.41, 5.74) is -0.333. The third-order valence-electron chi connectivity index (χ3n) is 7.93. The fourth-order valence-corrected chi connectivity index (χ4v) is 6.83. The van der Waals surface area contributed by atoms with E-state index in [1.807, 2.05) is 0 Å². The van der Waals surface area contributed by atoms with E-state index in [0.29, 0.717) is 24.0 Å². The first-order valence-corrected chi connectivity index (χ1v) is 13.2. The maximum Gasteiger partial charge on any atom is 0.305 e. The summed E-state index contributed by atoms with van der Waals surface area (Å²) in [5, 5.41) is 26.2. The van der Waals surface area contributed by atoms with E-state index in [-0.39, 0.29) is 30.7 Å². The molecule has 4 aliphatic carbocycles. The normalized spacial score (nSPS) is 28.1. The first kappa shape index (κ1) is 28.6. The van der Waals surface area contributed by atoms with Gasteiger partial charge in [0.1, 0.15) is 18.2 Å². The summed E-state index contributed by atoms with van der Waals surface area (Å²) in [4.78, 5) is 72.9. The number of carbonyl (C=O) groups excluding carboxylic acids is 4. The number of aldehydes is 1. The summed E-state index contributed by atoms with van der Waals surface area (Å²) in [6.45, 7) is 3.59. The molecular weight excluding hydrogens is 482 g/mol. The first-order valence-electron chi connectivity index (χ1n) is 13.2. The standard InChI is InChI=1S/C26H39N3O8/c1-14(2)5-19(23(35)27-18(13-30)9-22(33)34)24(36)28-20(3-4-21(31)32)25(37)29-26-10-15-6-16(11-26)8-17(7-15)12-26/h13-20H,3-12H2,1-2H3,(H,27,35)(H,28,36)(H,29,37)(H,31,32)(H,33,34). The molecule has 11 heteroatoms. The van der Waals surface area contributed by atoms with Crippen molar-refractivity contribution in [2.24, 2.45) is 29.6 Å². The van der Waals surface area contributed by atoms with Crippen LogP contribution in [0, 0.1) is 29.6 Å². The van der Waals surface area contributed by atoms with Gasteiger partial charge in [-0.2, -0.15) is 0 Å². The third kappa shape index (κ3) is 7.75. The van der Waals surface area contributed by atoms with Crippen LogP contribution in [-0.4, -0.2) is 63.8 Å². The average Bonchev–Trinajstić information content (AvgIpc) is 2.77. The van der Waals surface area contributed by atoms with E-state index in [1.165, 1.54) is 19.3 Å². The zero-order chi connectivity index (χ0) is 27.3. The van der Waals surface area contributed by atoms with Crippen LogP contribution in [0.2, 0.25) is 0 Å². The summed E-state index contributed by atoms with van der Waals surface area (Å²) >= 11 is 0. The third-order valence-corrected chi connectivity index (χ3v) is 7.93. The van der Waals surface area contributed by atoms with E-state index in [2.05, 4.69) is 16.0 Å². The Morgan fingerprint density at radius 2 is 1.41 bits per heavy atom. The van der Waals surface area contributed by atoms with Crippen LogP contribution < -0.4 is 16.0 Å². The van der Waals surface area contributed by atoms with Gasteiger partial charge in [-0.05, 0) is 75.0 Å². The second-order valence-electron chi connectivity index (χ2n) is 11.7. The zero-order valence-electron chi connectivity index (χ0n) is 21.5. The predicted octanol–water partition coefficient (Wildman–Crippen LogP) is 1.24. The number of rotatable bonds is 14. The lowest BCUT2D eigenvalue weighted by atomic mass is 9.53. The molecule has 0 aliphatic heterocycles. The molecule has 37 heavy (non-hydrogen) atoms. The smallest absolute Gasteiger partial charge is 0.305 e. The van der Waals surface area contributed by atoms with Crippen molar-refractivity contribution in [2.45, 2.75) is 95.7 Å². The maximum atomic E-state index is 13.4. The van der Waals surface area contributed by atoms with Gasteiger partial charge in [-0.3, -0.25) is 24.0 Å². The largest absolute Gasteiger partial charge is 0.481 e. The number of aliphatic carboxylic acids is 2. The number of carboxylic acids is 2. The molecule has 11 nitrogen and oxygen atoms in total. The van der Waals surface area contributed by atoms with Crippen LogP contribution in [0.15, 0.2) is 0 Å². The van der Waals surface area contributed by atoms with Gasteiger partial charge in [0.15, 0.2) is 0 Å². The van der Waals surface area contributed by atoms with Crippen LogP contribution >= 0.6 is 0 Å². The van der Waals surface area contributed by atoms with Gasteiger partial charge in [0.2, 0.25) is 17.7 Å². The highest BCUT2D eigenvalue weighted by molar-refractivity contribution is 6.02.